The molecule has 1 N–H and O–H groups in total. The minimum Gasteiger partial charge on any atom is -0.380 e. The molecule has 2 heteroatoms. The van der Waals surface area contributed by atoms with Gasteiger partial charge in [-0.15, -0.1) is 0 Å². The van der Waals surface area contributed by atoms with Crippen LogP contribution >= 0.6 is 0 Å². The summed E-state index contributed by atoms with van der Waals surface area (Å²) in [6, 6.07) is 0. The zero-order valence-electron chi connectivity index (χ0n) is 10.9. The second-order valence-electron chi connectivity index (χ2n) is 6.01. The maximum absolute atomic E-state index is 5.57. The van der Waals surface area contributed by atoms with Gasteiger partial charge in [0, 0.05) is 13.2 Å². The van der Waals surface area contributed by atoms with E-state index in [9.17, 15) is 0 Å². The van der Waals surface area contributed by atoms with E-state index in [0.29, 0.717) is 5.92 Å². The van der Waals surface area contributed by atoms with Crippen LogP contribution in [0.4, 0.5) is 0 Å². The molecule has 0 bridgehead atoms. The summed E-state index contributed by atoms with van der Waals surface area (Å²) >= 11 is 0. The monoisotopic (exact) mass is 225 g/mol. The Balaban J connectivity index is 1.46. The minimum absolute atomic E-state index is 0.658. The van der Waals surface area contributed by atoms with Crippen molar-refractivity contribution in [2.45, 2.75) is 39.5 Å². The average molecular weight is 225 g/mol. The van der Waals surface area contributed by atoms with Gasteiger partial charge < -0.3 is 10.1 Å². The average Bonchev–Trinajstić information content (AvgIpc) is 3.10. The SMILES string of the molecule is CC(C)COCCNCC(C1CC1)C1CC1. The normalized spacial score (nSPS) is 21.0. The first kappa shape index (κ1) is 12.4. The highest BCUT2D eigenvalue weighted by Crippen LogP contribution is 2.48. The van der Waals surface area contributed by atoms with Gasteiger partial charge in [0.15, 0.2) is 0 Å². The Morgan fingerprint density at radius 2 is 1.75 bits per heavy atom. The van der Waals surface area contributed by atoms with Crippen molar-refractivity contribution in [3.05, 3.63) is 0 Å². The molecule has 0 spiro atoms. The first-order valence-corrected chi connectivity index (χ1v) is 7.06. The largest absolute Gasteiger partial charge is 0.380 e. The third kappa shape index (κ3) is 4.42. The Hall–Kier alpha value is -0.0800. The highest BCUT2D eigenvalue weighted by molar-refractivity contribution is 4.92. The molecule has 2 aliphatic rings. The number of hydrogen-bond acceptors (Lipinski definition) is 2. The summed E-state index contributed by atoms with van der Waals surface area (Å²) in [5.41, 5.74) is 0. The van der Waals surface area contributed by atoms with Gasteiger partial charge in [0.2, 0.25) is 0 Å². The maximum Gasteiger partial charge on any atom is 0.0591 e. The first-order valence-electron chi connectivity index (χ1n) is 7.06. The fourth-order valence-corrected chi connectivity index (χ4v) is 2.50. The van der Waals surface area contributed by atoms with Gasteiger partial charge in [-0.1, -0.05) is 13.8 Å². The zero-order chi connectivity index (χ0) is 11.4. The summed E-state index contributed by atoms with van der Waals surface area (Å²) in [5.74, 6) is 3.78. The number of hydrogen-bond donors (Lipinski definition) is 1. The fourth-order valence-electron chi connectivity index (χ4n) is 2.50. The van der Waals surface area contributed by atoms with Crippen molar-refractivity contribution in [3.63, 3.8) is 0 Å². The van der Waals surface area contributed by atoms with Crippen LogP contribution in [0.25, 0.3) is 0 Å². The van der Waals surface area contributed by atoms with Crippen molar-refractivity contribution in [2.75, 3.05) is 26.3 Å². The molecule has 0 aliphatic heterocycles. The summed E-state index contributed by atoms with van der Waals surface area (Å²) in [7, 11) is 0. The van der Waals surface area contributed by atoms with Gasteiger partial charge in [-0.05, 0) is 55.9 Å². The molecule has 0 saturated heterocycles. The second kappa shape index (κ2) is 6.02. The smallest absolute Gasteiger partial charge is 0.0591 e. The van der Waals surface area contributed by atoms with E-state index in [0.717, 1.165) is 37.5 Å². The highest BCUT2D eigenvalue weighted by Gasteiger charge is 2.40. The van der Waals surface area contributed by atoms with Crippen molar-refractivity contribution in [1.82, 2.24) is 5.32 Å². The maximum atomic E-state index is 5.57. The van der Waals surface area contributed by atoms with E-state index in [1.807, 2.05) is 0 Å². The van der Waals surface area contributed by atoms with Gasteiger partial charge in [-0.2, -0.15) is 0 Å². The predicted molar refractivity (Wildman–Crippen MR) is 67.5 cm³/mol. The van der Waals surface area contributed by atoms with E-state index in [-0.39, 0.29) is 0 Å². The molecule has 0 unspecified atom stereocenters. The van der Waals surface area contributed by atoms with E-state index in [2.05, 4.69) is 19.2 Å². The Kier molecular flexibility index (Phi) is 4.66. The van der Waals surface area contributed by atoms with Gasteiger partial charge in [0.25, 0.3) is 0 Å². The molecule has 0 atom stereocenters. The lowest BCUT2D eigenvalue weighted by Gasteiger charge is -2.16. The van der Waals surface area contributed by atoms with Crippen LogP contribution in [0, 0.1) is 23.7 Å². The van der Waals surface area contributed by atoms with Crippen LogP contribution in [-0.4, -0.2) is 26.3 Å². The Morgan fingerprint density at radius 3 is 2.25 bits per heavy atom. The first-order chi connectivity index (χ1) is 7.77. The molecule has 16 heavy (non-hydrogen) atoms. The lowest BCUT2D eigenvalue weighted by atomic mass is 9.98. The molecule has 0 heterocycles. The Bertz CT molecular complexity index is 185. The van der Waals surface area contributed by atoms with Crippen molar-refractivity contribution < 1.29 is 4.74 Å². The van der Waals surface area contributed by atoms with Crippen molar-refractivity contribution in [1.29, 1.82) is 0 Å². The summed E-state index contributed by atoms with van der Waals surface area (Å²) in [5, 5.41) is 3.58. The van der Waals surface area contributed by atoms with Crippen LogP contribution in [0.2, 0.25) is 0 Å². The topological polar surface area (TPSA) is 21.3 Å². The molecule has 0 aromatic rings. The quantitative estimate of drug-likeness (QED) is 0.609. The van der Waals surface area contributed by atoms with Crippen LogP contribution in [0.1, 0.15) is 39.5 Å². The zero-order valence-corrected chi connectivity index (χ0v) is 10.9. The Morgan fingerprint density at radius 1 is 1.12 bits per heavy atom. The lowest BCUT2D eigenvalue weighted by Crippen LogP contribution is -2.28. The molecule has 2 rings (SSSR count). The number of ether oxygens (including phenoxy) is 1. The van der Waals surface area contributed by atoms with Gasteiger partial charge in [-0.25, -0.2) is 0 Å². The molecule has 2 nitrogen and oxygen atoms in total. The van der Waals surface area contributed by atoms with E-state index >= 15 is 0 Å². The molecule has 2 fully saturated rings. The molecule has 0 radical (unpaired) electrons. The van der Waals surface area contributed by atoms with Crippen LogP contribution in [0.15, 0.2) is 0 Å². The molecule has 2 aliphatic carbocycles. The van der Waals surface area contributed by atoms with Gasteiger partial charge in [-0.3, -0.25) is 0 Å². The summed E-state index contributed by atoms with van der Waals surface area (Å²) in [6.45, 7) is 8.44. The summed E-state index contributed by atoms with van der Waals surface area (Å²) < 4.78 is 5.57. The van der Waals surface area contributed by atoms with Crippen LogP contribution in [-0.2, 0) is 4.74 Å². The fraction of sp³-hybridized carbons (Fsp3) is 1.00. The van der Waals surface area contributed by atoms with E-state index in [1.54, 1.807) is 0 Å². The van der Waals surface area contributed by atoms with E-state index in [4.69, 9.17) is 4.74 Å². The Labute approximate surface area is 100 Å². The van der Waals surface area contributed by atoms with Crippen molar-refractivity contribution >= 4 is 0 Å². The van der Waals surface area contributed by atoms with Gasteiger partial charge >= 0.3 is 0 Å². The predicted octanol–water partition coefficient (Wildman–Crippen LogP) is 2.68. The van der Waals surface area contributed by atoms with Crippen LogP contribution in [0.5, 0.6) is 0 Å². The van der Waals surface area contributed by atoms with Crippen molar-refractivity contribution in [2.24, 2.45) is 23.7 Å². The molecular weight excluding hydrogens is 198 g/mol. The number of nitrogens with one attached hydrogen (secondary N) is 1. The summed E-state index contributed by atoms with van der Waals surface area (Å²) in [4.78, 5) is 0. The number of rotatable bonds is 9. The van der Waals surface area contributed by atoms with E-state index < -0.39 is 0 Å². The van der Waals surface area contributed by atoms with Gasteiger partial charge in [0.05, 0.1) is 6.61 Å². The third-order valence-electron chi connectivity index (χ3n) is 3.71. The standard InChI is InChI=1S/C14H27NO/c1-11(2)10-16-8-7-15-9-14(12-3-4-12)13-5-6-13/h11-15H,3-10H2,1-2H3. The molecule has 0 amide bonds. The lowest BCUT2D eigenvalue weighted by molar-refractivity contribution is 0.110. The van der Waals surface area contributed by atoms with Crippen LogP contribution in [0.3, 0.4) is 0 Å². The minimum atomic E-state index is 0.658. The van der Waals surface area contributed by atoms with Crippen molar-refractivity contribution in [3.8, 4) is 0 Å². The molecular formula is C14H27NO. The molecule has 0 aromatic carbocycles. The van der Waals surface area contributed by atoms with E-state index in [1.165, 1.54) is 32.2 Å². The molecule has 94 valence electrons. The third-order valence-corrected chi connectivity index (χ3v) is 3.71. The van der Waals surface area contributed by atoms with Crippen LogP contribution < -0.4 is 5.32 Å². The highest BCUT2D eigenvalue weighted by atomic mass is 16.5. The van der Waals surface area contributed by atoms with Gasteiger partial charge in [0.1, 0.15) is 0 Å². The molecule has 0 aromatic heterocycles. The second-order valence-corrected chi connectivity index (χ2v) is 6.01. The molecule has 2 saturated carbocycles. The summed E-state index contributed by atoms with van der Waals surface area (Å²) in [6.07, 6.45) is 5.97.